The monoisotopic (exact) mass is 295 g/mol. The van der Waals surface area contributed by atoms with Crippen LogP contribution in [0.4, 0.5) is 5.82 Å². The van der Waals surface area contributed by atoms with Crippen molar-refractivity contribution in [1.82, 2.24) is 9.97 Å². The number of ether oxygens (including phenoxy) is 1. The molecule has 0 spiro atoms. The number of hydrogen-bond acceptors (Lipinski definition) is 4. The quantitative estimate of drug-likeness (QED) is 0.872. The number of benzene rings is 1. The molecule has 2 heterocycles. The van der Waals surface area contributed by atoms with Gasteiger partial charge in [0.05, 0.1) is 6.10 Å². The largest absolute Gasteiger partial charge is 0.490 e. The second-order valence-electron chi connectivity index (χ2n) is 6.41. The summed E-state index contributed by atoms with van der Waals surface area (Å²) in [5.41, 5.74) is 0. The molecule has 4 rings (SSSR count). The normalized spacial score (nSPS) is 27.0. The molecule has 0 radical (unpaired) electrons. The molecule has 114 valence electrons. The van der Waals surface area contributed by atoms with E-state index in [4.69, 9.17) is 4.74 Å². The van der Waals surface area contributed by atoms with Crippen molar-refractivity contribution in [3.05, 3.63) is 48.4 Å². The van der Waals surface area contributed by atoms with E-state index in [0.717, 1.165) is 55.2 Å². The van der Waals surface area contributed by atoms with Gasteiger partial charge in [0, 0.05) is 19.3 Å². The molecule has 4 heteroatoms. The highest BCUT2D eigenvalue weighted by Gasteiger charge is 2.42. The number of aryl methyl sites for hydroxylation is 1. The van der Waals surface area contributed by atoms with Gasteiger partial charge in [-0.25, -0.2) is 9.97 Å². The maximum Gasteiger partial charge on any atom is 0.132 e. The van der Waals surface area contributed by atoms with Gasteiger partial charge in [-0.15, -0.1) is 0 Å². The minimum atomic E-state index is 0.367. The Bertz CT molecular complexity index is 632. The van der Waals surface area contributed by atoms with Crippen LogP contribution in [0.5, 0.6) is 5.75 Å². The van der Waals surface area contributed by atoms with Gasteiger partial charge in [-0.3, -0.25) is 0 Å². The summed E-state index contributed by atoms with van der Waals surface area (Å²) in [5, 5.41) is 0. The topological polar surface area (TPSA) is 38.2 Å². The second kappa shape index (κ2) is 5.59. The van der Waals surface area contributed by atoms with Crippen LogP contribution in [-0.4, -0.2) is 29.2 Å². The third-order valence-corrected chi connectivity index (χ3v) is 4.84. The van der Waals surface area contributed by atoms with E-state index in [9.17, 15) is 0 Å². The maximum absolute atomic E-state index is 6.13. The molecule has 0 N–H and O–H groups in total. The highest BCUT2D eigenvalue weighted by Crippen LogP contribution is 2.40. The van der Waals surface area contributed by atoms with Crippen LogP contribution in [0.3, 0.4) is 0 Å². The average molecular weight is 295 g/mol. The summed E-state index contributed by atoms with van der Waals surface area (Å²) < 4.78 is 6.13. The van der Waals surface area contributed by atoms with Crippen molar-refractivity contribution in [1.29, 1.82) is 0 Å². The van der Waals surface area contributed by atoms with Gasteiger partial charge in [0.25, 0.3) is 0 Å². The maximum atomic E-state index is 6.13. The summed E-state index contributed by atoms with van der Waals surface area (Å²) in [7, 11) is 0. The predicted octanol–water partition coefficient (Wildman–Crippen LogP) is 3.08. The van der Waals surface area contributed by atoms with Gasteiger partial charge in [0.1, 0.15) is 17.4 Å². The third-order valence-electron chi connectivity index (χ3n) is 4.84. The summed E-state index contributed by atoms with van der Waals surface area (Å²) in [6.07, 6.45) is 4.53. The molecule has 1 saturated heterocycles. The van der Waals surface area contributed by atoms with E-state index < -0.39 is 0 Å². The van der Waals surface area contributed by atoms with Crippen LogP contribution in [0, 0.1) is 18.8 Å². The van der Waals surface area contributed by atoms with Gasteiger partial charge < -0.3 is 9.64 Å². The van der Waals surface area contributed by atoms with Gasteiger partial charge in [0.2, 0.25) is 0 Å². The number of nitrogens with zero attached hydrogens (tertiary/aromatic N) is 3. The molecule has 2 fully saturated rings. The predicted molar refractivity (Wildman–Crippen MR) is 86.1 cm³/mol. The fourth-order valence-electron chi connectivity index (χ4n) is 3.84. The van der Waals surface area contributed by atoms with Crippen molar-refractivity contribution in [2.24, 2.45) is 11.8 Å². The lowest BCUT2D eigenvalue weighted by Gasteiger charge is -2.21. The Balaban J connectivity index is 1.38. The molecule has 1 saturated carbocycles. The molecule has 2 aliphatic rings. The third kappa shape index (κ3) is 2.65. The smallest absolute Gasteiger partial charge is 0.132 e. The Morgan fingerprint density at radius 2 is 1.77 bits per heavy atom. The number of para-hydroxylation sites is 1. The molecule has 4 nitrogen and oxygen atoms in total. The highest BCUT2D eigenvalue weighted by molar-refractivity contribution is 5.39. The number of hydrogen-bond donors (Lipinski definition) is 0. The van der Waals surface area contributed by atoms with E-state index in [2.05, 4.69) is 14.9 Å². The van der Waals surface area contributed by atoms with Gasteiger partial charge in [-0.2, -0.15) is 0 Å². The van der Waals surface area contributed by atoms with Gasteiger partial charge in [-0.05, 0) is 49.8 Å². The minimum Gasteiger partial charge on any atom is -0.490 e. The fourth-order valence-corrected chi connectivity index (χ4v) is 3.84. The highest BCUT2D eigenvalue weighted by atomic mass is 16.5. The lowest BCUT2D eigenvalue weighted by Crippen LogP contribution is -2.25. The van der Waals surface area contributed by atoms with E-state index in [0.29, 0.717) is 6.10 Å². The van der Waals surface area contributed by atoms with Crippen LogP contribution in [0.15, 0.2) is 42.6 Å². The molecule has 3 atom stereocenters. The number of rotatable bonds is 3. The zero-order chi connectivity index (χ0) is 14.9. The molecule has 1 aromatic carbocycles. The molecule has 0 bridgehead atoms. The molecule has 0 amide bonds. The van der Waals surface area contributed by atoms with Crippen molar-refractivity contribution in [3.63, 3.8) is 0 Å². The van der Waals surface area contributed by atoms with Crippen LogP contribution in [0.2, 0.25) is 0 Å². The lowest BCUT2D eigenvalue weighted by molar-refractivity contribution is 0.200. The van der Waals surface area contributed by atoms with Crippen LogP contribution >= 0.6 is 0 Å². The first-order chi connectivity index (χ1) is 10.8. The van der Waals surface area contributed by atoms with E-state index in [1.54, 1.807) is 0 Å². The van der Waals surface area contributed by atoms with Crippen LogP contribution in [0.25, 0.3) is 0 Å². The van der Waals surface area contributed by atoms with Gasteiger partial charge >= 0.3 is 0 Å². The van der Waals surface area contributed by atoms with Crippen LogP contribution < -0.4 is 9.64 Å². The Morgan fingerprint density at radius 1 is 1.05 bits per heavy atom. The van der Waals surface area contributed by atoms with E-state index >= 15 is 0 Å². The van der Waals surface area contributed by atoms with Crippen molar-refractivity contribution in [2.45, 2.75) is 25.9 Å². The zero-order valence-corrected chi connectivity index (χ0v) is 12.9. The van der Waals surface area contributed by atoms with E-state index in [-0.39, 0.29) is 0 Å². The minimum absolute atomic E-state index is 0.367. The zero-order valence-electron chi connectivity index (χ0n) is 12.9. The standard InChI is InChI=1S/C18H21N3O/c1-13-19-8-7-18(20-13)21-11-14-9-17(10-15(14)12-21)22-16-5-3-2-4-6-16/h2-8,14-15,17H,9-12H2,1H3/t14-,15+,17?. The SMILES string of the molecule is Cc1nccc(N2C[C@H]3CC(Oc4ccccc4)C[C@H]3C2)n1. The Morgan fingerprint density at radius 3 is 2.45 bits per heavy atom. The summed E-state index contributed by atoms with van der Waals surface area (Å²) in [6.45, 7) is 4.13. The summed E-state index contributed by atoms with van der Waals surface area (Å²) >= 11 is 0. The average Bonchev–Trinajstić information content (AvgIpc) is 3.06. The fraction of sp³-hybridized carbons (Fsp3) is 0.444. The van der Waals surface area contributed by atoms with E-state index in [1.165, 1.54) is 0 Å². The summed E-state index contributed by atoms with van der Waals surface area (Å²) in [4.78, 5) is 11.1. The molecule has 1 unspecified atom stereocenters. The first kappa shape index (κ1) is 13.6. The molecule has 1 aromatic heterocycles. The number of fused-ring (bicyclic) bond motifs is 1. The first-order valence-corrected chi connectivity index (χ1v) is 8.04. The van der Waals surface area contributed by atoms with Crippen molar-refractivity contribution >= 4 is 5.82 Å². The van der Waals surface area contributed by atoms with Crippen molar-refractivity contribution < 1.29 is 4.74 Å². The summed E-state index contributed by atoms with van der Waals surface area (Å²) in [5.74, 6) is 4.37. The summed E-state index contributed by atoms with van der Waals surface area (Å²) in [6, 6.07) is 12.2. The Hall–Kier alpha value is -2.10. The molecule has 22 heavy (non-hydrogen) atoms. The molecule has 2 aromatic rings. The number of anilines is 1. The molecule has 1 aliphatic heterocycles. The van der Waals surface area contributed by atoms with Gasteiger partial charge in [-0.1, -0.05) is 18.2 Å². The van der Waals surface area contributed by atoms with Gasteiger partial charge in [0.15, 0.2) is 0 Å². The number of aromatic nitrogens is 2. The van der Waals surface area contributed by atoms with Crippen molar-refractivity contribution in [3.8, 4) is 5.75 Å². The van der Waals surface area contributed by atoms with Crippen molar-refractivity contribution in [2.75, 3.05) is 18.0 Å². The molecular weight excluding hydrogens is 274 g/mol. The van der Waals surface area contributed by atoms with Crippen LogP contribution in [0.1, 0.15) is 18.7 Å². The molecule has 1 aliphatic carbocycles. The van der Waals surface area contributed by atoms with Crippen LogP contribution in [-0.2, 0) is 0 Å². The molecular formula is C18H21N3O. The first-order valence-electron chi connectivity index (χ1n) is 8.04. The van der Waals surface area contributed by atoms with E-state index in [1.807, 2.05) is 49.5 Å². The Kier molecular flexibility index (Phi) is 3.45. The second-order valence-corrected chi connectivity index (χ2v) is 6.41. The lowest BCUT2D eigenvalue weighted by atomic mass is 10.0. The Labute approximate surface area is 131 Å².